The number of esters is 1. The Morgan fingerprint density at radius 3 is 2.58 bits per heavy atom. The molecule has 1 aromatic carbocycles. The van der Waals surface area contributed by atoms with Crippen molar-refractivity contribution >= 4 is 12.1 Å². The number of likely N-dealkylation sites (tertiary alicyclic amines) is 1. The zero-order valence-electron chi connectivity index (χ0n) is 15.9. The van der Waals surface area contributed by atoms with Gasteiger partial charge in [-0.2, -0.15) is 0 Å². The summed E-state index contributed by atoms with van der Waals surface area (Å²) >= 11 is 0. The number of rotatable bonds is 2. The van der Waals surface area contributed by atoms with Crippen LogP contribution in [-0.4, -0.2) is 49.4 Å². The van der Waals surface area contributed by atoms with Crippen LogP contribution in [0.25, 0.3) is 0 Å². The van der Waals surface area contributed by atoms with Crippen LogP contribution in [0.2, 0.25) is 0 Å². The molecule has 0 N–H and O–H groups in total. The van der Waals surface area contributed by atoms with Crippen molar-refractivity contribution in [2.75, 3.05) is 20.8 Å². The summed E-state index contributed by atoms with van der Waals surface area (Å²) in [6, 6.07) is 4.74. The Kier molecular flexibility index (Phi) is 6.14. The van der Waals surface area contributed by atoms with E-state index in [0.717, 1.165) is 12.8 Å². The second kappa shape index (κ2) is 8.13. The fraction of sp³-hybridized carbons (Fsp3) is 0.500. The van der Waals surface area contributed by atoms with E-state index in [1.165, 1.54) is 14.2 Å². The largest absolute Gasteiger partial charge is 0.495 e. The van der Waals surface area contributed by atoms with Crippen molar-refractivity contribution in [3.05, 3.63) is 29.3 Å². The SMILES string of the molecule is COC(=O)c1ccc(C#CC2CCCN2C(=O)OC(C)(C)C)c(OC)c1. The molecule has 1 heterocycles. The first-order valence-corrected chi connectivity index (χ1v) is 8.52. The van der Waals surface area contributed by atoms with Crippen LogP contribution >= 0.6 is 0 Å². The Labute approximate surface area is 154 Å². The number of hydrogen-bond donors (Lipinski definition) is 0. The standard InChI is InChI=1S/C20H25NO5/c1-20(2,3)26-19(23)21-12-6-7-16(21)11-10-14-8-9-15(18(22)25-5)13-17(14)24-4/h8-9,13,16H,6-7,12H2,1-5H3. The zero-order chi connectivity index (χ0) is 19.3. The Balaban J connectivity index is 2.19. The van der Waals surface area contributed by atoms with Crippen molar-refractivity contribution in [2.45, 2.75) is 45.3 Å². The van der Waals surface area contributed by atoms with Gasteiger partial charge in [-0.3, -0.25) is 4.90 Å². The Morgan fingerprint density at radius 2 is 1.96 bits per heavy atom. The molecule has 0 saturated carbocycles. The van der Waals surface area contributed by atoms with Gasteiger partial charge in [0.05, 0.1) is 31.4 Å². The van der Waals surface area contributed by atoms with E-state index in [0.29, 0.717) is 23.4 Å². The van der Waals surface area contributed by atoms with Gasteiger partial charge in [-0.05, 0) is 51.8 Å². The summed E-state index contributed by atoms with van der Waals surface area (Å²) in [5, 5.41) is 0. The summed E-state index contributed by atoms with van der Waals surface area (Å²) in [7, 11) is 2.85. The molecule has 0 aliphatic carbocycles. The lowest BCUT2D eigenvalue weighted by atomic mass is 10.1. The second-order valence-electron chi connectivity index (χ2n) is 7.01. The molecule has 1 fully saturated rings. The van der Waals surface area contributed by atoms with Gasteiger partial charge in [0, 0.05) is 6.54 Å². The molecule has 140 valence electrons. The van der Waals surface area contributed by atoms with Gasteiger partial charge in [0.25, 0.3) is 0 Å². The molecule has 0 spiro atoms. The molecule has 26 heavy (non-hydrogen) atoms. The van der Waals surface area contributed by atoms with Crippen LogP contribution in [-0.2, 0) is 9.47 Å². The van der Waals surface area contributed by atoms with Crippen LogP contribution in [0.3, 0.4) is 0 Å². The Morgan fingerprint density at radius 1 is 1.23 bits per heavy atom. The van der Waals surface area contributed by atoms with E-state index in [-0.39, 0.29) is 12.1 Å². The number of carbonyl (C=O) groups excluding carboxylic acids is 2. The molecular formula is C20H25NO5. The van der Waals surface area contributed by atoms with Crippen molar-refractivity contribution in [2.24, 2.45) is 0 Å². The molecule has 1 aromatic rings. The second-order valence-corrected chi connectivity index (χ2v) is 7.01. The highest BCUT2D eigenvalue weighted by Crippen LogP contribution is 2.22. The molecule has 6 heteroatoms. The van der Waals surface area contributed by atoms with Crippen LogP contribution in [0.5, 0.6) is 5.75 Å². The molecule has 0 bridgehead atoms. The van der Waals surface area contributed by atoms with Crippen molar-refractivity contribution in [1.82, 2.24) is 4.90 Å². The Hall–Kier alpha value is -2.68. The van der Waals surface area contributed by atoms with E-state index in [9.17, 15) is 9.59 Å². The molecule has 6 nitrogen and oxygen atoms in total. The van der Waals surface area contributed by atoms with Gasteiger partial charge < -0.3 is 14.2 Å². The zero-order valence-corrected chi connectivity index (χ0v) is 15.9. The molecule has 1 saturated heterocycles. The van der Waals surface area contributed by atoms with Gasteiger partial charge in [-0.15, -0.1) is 0 Å². The van der Waals surface area contributed by atoms with Gasteiger partial charge in [-0.1, -0.05) is 11.8 Å². The Bertz CT molecular complexity index is 739. The maximum atomic E-state index is 12.3. The third-order valence-electron chi connectivity index (χ3n) is 3.88. The van der Waals surface area contributed by atoms with E-state index in [4.69, 9.17) is 14.2 Å². The van der Waals surface area contributed by atoms with Crippen molar-refractivity contribution in [3.8, 4) is 17.6 Å². The first-order valence-electron chi connectivity index (χ1n) is 8.52. The summed E-state index contributed by atoms with van der Waals surface area (Å²) < 4.78 is 15.5. The summed E-state index contributed by atoms with van der Waals surface area (Å²) in [6.45, 7) is 6.16. The van der Waals surface area contributed by atoms with E-state index >= 15 is 0 Å². The highest BCUT2D eigenvalue weighted by Gasteiger charge is 2.31. The van der Waals surface area contributed by atoms with Crippen LogP contribution < -0.4 is 4.74 Å². The molecule has 1 aliphatic rings. The van der Waals surface area contributed by atoms with Crippen LogP contribution in [0.15, 0.2) is 18.2 Å². The molecule has 1 aliphatic heterocycles. The van der Waals surface area contributed by atoms with Crippen LogP contribution in [0.1, 0.15) is 49.5 Å². The highest BCUT2D eigenvalue weighted by atomic mass is 16.6. The number of methoxy groups -OCH3 is 2. The molecule has 0 aromatic heterocycles. The minimum absolute atomic E-state index is 0.199. The molecule has 0 radical (unpaired) electrons. The lowest BCUT2D eigenvalue weighted by Crippen LogP contribution is -2.39. The summed E-state index contributed by atoms with van der Waals surface area (Å²) in [4.78, 5) is 25.6. The minimum Gasteiger partial charge on any atom is -0.495 e. The molecule has 1 unspecified atom stereocenters. The third-order valence-corrected chi connectivity index (χ3v) is 3.88. The van der Waals surface area contributed by atoms with Crippen LogP contribution in [0.4, 0.5) is 4.79 Å². The van der Waals surface area contributed by atoms with Crippen molar-refractivity contribution in [3.63, 3.8) is 0 Å². The van der Waals surface area contributed by atoms with E-state index < -0.39 is 11.6 Å². The van der Waals surface area contributed by atoms with Crippen LogP contribution in [0, 0.1) is 11.8 Å². The maximum Gasteiger partial charge on any atom is 0.411 e. The average molecular weight is 359 g/mol. The van der Waals surface area contributed by atoms with Gasteiger partial charge in [0.1, 0.15) is 11.4 Å². The topological polar surface area (TPSA) is 65.1 Å². The predicted octanol–water partition coefficient (Wildman–Crippen LogP) is 3.23. The number of hydrogen-bond acceptors (Lipinski definition) is 5. The quantitative estimate of drug-likeness (QED) is 0.599. The van der Waals surface area contributed by atoms with Crippen molar-refractivity contribution in [1.29, 1.82) is 0 Å². The first kappa shape index (κ1) is 19.6. The molecule has 2 rings (SSSR count). The van der Waals surface area contributed by atoms with E-state index in [1.807, 2.05) is 20.8 Å². The molecule has 1 amide bonds. The number of ether oxygens (including phenoxy) is 3. The van der Waals surface area contributed by atoms with E-state index in [2.05, 4.69) is 11.8 Å². The molecular weight excluding hydrogens is 334 g/mol. The number of benzene rings is 1. The lowest BCUT2D eigenvalue weighted by Gasteiger charge is -2.26. The average Bonchev–Trinajstić information content (AvgIpc) is 3.06. The fourth-order valence-electron chi connectivity index (χ4n) is 2.66. The van der Waals surface area contributed by atoms with Gasteiger partial charge in [0.2, 0.25) is 0 Å². The predicted molar refractivity (Wildman–Crippen MR) is 97.2 cm³/mol. The minimum atomic E-state index is -0.537. The molecule has 1 atom stereocenters. The smallest absolute Gasteiger partial charge is 0.411 e. The number of nitrogens with zero attached hydrogens (tertiary/aromatic N) is 1. The third kappa shape index (κ3) is 4.92. The normalized spacial score (nSPS) is 16.5. The summed E-state index contributed by atoms with van der Waals surface area (Å²) in [5.41, 5.74) is 0.507. The summed E-state index contributed by atoms with van der Waals surface area (Å²) in [5.74, 6) is 6.25. The van der Waals surface area contributed by atoms with Crippen molar-refractivity contribution < 1.29 is 23.8 Å². The van der Waals surface area contributed by atoms with Gasteiger partial charge in [-0.25, -0.2) is 9.59 Å². The van der Waals surface area contributed by atoms with E-state index in [1.54, 1.807) is 23.1 Å². The first-order chi connectivity index (χ1) is 12.2. The van der Waals surface area contributed by atoms with Gasteiger partial charge in [0.15, 0.2) is 0 Å². The lowest BCUT2D eigenvalue weighted by molar-refractivity contribution is 0.0261. The fourth-order valence-corrected chi connectivity index (χ4v) is 2.66. The maximum absolute atomic E-state index is 12.3. The van der Waals surface area contributed by atoms with Gasteiger partial charge >= 0.3 is 12.1 Å². The monoisotopic (exact) mass is 359 g/mol. The highest BCUT2D eigenvalue weighted by molar-refractivity contribution is 5.90. The summed E-state index contributed by atoms with van der Waals surface area (Å²) in [6.07, 6.45) is 1.34. The number of amides is 1. The number of carbonyl (C=O) groups is 2.